The van der Waals surface area contributed by atoms with E-state index in [2.05, 4.69) is 15.0 Å². The maximum absolute atomic E-state index is 12.2. The van der Waals surface area contributed by atoms with Gasteiger partial charge >= 0.3 is 12.0 Å². The van der Waals surface area contributed by atoms with Crippen molar-refractivity contribution in [2.24, 2.45) is 0 Å². The molecule has 24 heavy (non-hydrogen) atoms. The fraction of sp³-hybridized carbons (Fsp3) is 0.353. The molecular weight excluding hydrogens is 310 g/mol. The van der Waals surface area contributed by atoms with Crippen LogP contribution in [0.2, 0.25) is 0 Å². The average molecular weight is 329 g/mol. The molecule has 1 aromatic carbocycles. The van der Waals surface area contributed by atoms with Crippen LogP contribution in [0.5, 0.6) is 0 Å². The molecule has 0 bridgehead atoms. The summed E-state index contributed by atoms with van der Waals surface area (Å²) in [4.78, 5) is 38.4. The maximum Gasteiger partial charge on any atom is 0.329 e. The van der Waals surface area contributed by atoms with Crippen LogP contribution >= 0.6 is 0 Å². The summed E-state index contributed by atoms with van der Waals surface area (Å²) in [5.74, 6) is -1.18. The van der Waals surface area contributed by atoms with Crippen molar-refractivity contribution >= 4 is 29.7 Å². The number of carbonyl (C=O) groups is 3. The number of imide groups is 1. The van der Waals surface area contributed by atoms with Crippen molar-refractivity contribution in [3.8, 4) is 0 Å². The number of benzene rings is 1. The van der Waals surface area contributed by atoms with Gasteiger partial charge in [0.15, 0.2) is 0 Å². The van der Waals surface area contributed by atoms with Crippen LogP contribution < -0.4 is 10.2 Å². The third-order valence-corrected chi connectivity index (χ3v) is 4.15. The first-order chi connectivity index (χ1) is 11.6. The van der Waals surface area contributed by atoms with E-state index in [-0.39, 0.29) is 5.70 Å². The number of carbonyl (C=O) groups excluding carboxylic acids is 3. The SMILES string of the molecule is COC(=O)CN1C(=O)N/C(=C/c2ccc(N3CCCC3)cc2)C1=O. The van der Waals surface area contributed by atoms with E-state index < -0.39 is 24.5 Å². The van der Waals surface area contributed by atoms with Gasteiger partial charge in [0.1, 0.15) is 12.2 Å². The molecule has 7 heteroatoms. The number of nitrogens with zero attached hydrogens (tertiary/aromatic N) is 2. The molecular formula is C17H19N3O4. The molecule has 0 aromatic heterocycles. The first-order valence-electron chi connectivity index (χ1n) is 7.85. The van der Waals surface area contributed by atoms with Gasteiger partial charge in [0.05, 0.1) is 7.11 Å². The van der Waals surface area contributed by atoms with E-state index in [0.717, 1.165) is 29.2 Å². The number of hydrogen-bond donors (Lipinski definition) is 1. The normalized spacial score (nSPS) is 19.1. The Bertz CT molecular complexity index is 690. The fourth-order valence-corrected chi connectivity index (χ4v) is 2.83. The van der Waals surface area contributed by atoms with Gasteiger partial charge in [-0.15, -0.1) is 0 Å². The van der Waals surface area contributed by atoms with Gasteiger partial charge in [0.2, 0.25) is 0 Å². The van der Waals surface area contributed by atoms with E-state index in [9.17, 15) is 14.4 Å². The number of methoxy groups -OCH3 is 1. The van der Waals surface area contributed by atoms with E-state index in [4.69, 9.17) is 0 Å². The first kappa shape index (κ1) is 16.0. The lowest BCUT2D eigenvalue weighted by molar-refractivity contribution is -0.143. The van der Waals surface area contributed by atoms with Crippen LogP contribution in [-0.4, -0.2) is 49.6 Å². The lowest BCUT2D eigenvalue weighted by Gasteiger charge is -2.17. The van der Waals surface area contributed by atoms with Crippen molar-refractivity contribution in [2.45, 2.75) is 12.8 Å². The third kappa shape index (κ3) is 3.24. The van der Waals surface area contributed by atoms with Gasteiger partial charge in [0.25, 0.3) is 5.91 Å². The summed E-state index contributed by atoms with van der Waals surface area (Å²) >= 11 is 0. The van der Waals surface area contributed by atoms with Crippen molar-refractivity contribution in [1.29, 1.82) is 0 Å². The highest BCUT2D eigenvalue weighted by Crippen LogP contribution is 2.22. The Kier molecular flexibility index (Phi) is 4.50. The monoisotopic (exact) mass is 329 g/mol. The molecule has 126 valence electrons. The molecule has 3 rings (SSSR count). The standard InChI is InChI=1S/C17H19N3O4/c1-24-15(21)11-20-16(22)14(18-17(20)23)10-12-4-6-13(7-5-12)19-8-2-3-9-19/h4-7,10H,2-3,8-9,11H2,1H3,(H,18,23)/b14-10+. The molecule has 2 aliphatic heterocycles. The minimum Gasteiger partial charge on any atom is -0.468 e. The molecule has 0 saturated carbocycles. The van der Waals surface area contributed by atoms with Crippen LogP contribution in [0.15, 0.2) is 30.0 Å². The minimum absolute atomic E-state index is 0.151. The molecule has 1 aromatic rings. The predicted molar refractivity (Wildman–Crippen MR) is 88.1 cm³/mol. The second kappa shape index (κ2) is 6.74. The maximum atomic E-state index is 12.2. The minimum atomic E-state index is -0.644. The second-order valence-electron chi connectivity index (χ2n) is 5.74. The van der Waals surface area contributed by atoms with E-state index in [0.29, 0.717) is 0 Å². The van der Waals surface area contributed by atoms with Gasteiger partial charge in [-0.3, -0.25) is 9.59 Å². The fourth-order valence-electron chi connectivity index (χ4n) is 2.83. The Morgan fingerprint density at radius 1 is 1.21 bits per heavy atom. The molecule has 2 heterocycles. The lowest BCUT2D eigenvalue weighted by atomic mass is 10.1. The van der Waals surface area contributed by atoms with Gasteiger partial charge in [0, 0.05) is 18.8 Å². The molecule has 0 atom stereocenters. The quantitative estimate of drug-likeness (QED) is 0.512. The zero-order valence-corrected chi connectivity index (χ0v) is 13.4. The smallest absolute Gasteiger partial charge is 0.329 e. The van der Waals surface area contributed by atoms with Crippen LogP contribution in [0.1, 0.15) is 18.4 Å². The summed E-state index contributed by atoms with van der Waals surface area (Å²) in [6.45, 7) is 1.74. The molecule has 0 radical (unpaired) electrons. The van der Waals surface area contributed by atoms with Crippen LogP contribution in [0, 0.1) is 0 Å². The van der Waals surface area contributed by atoms with Crippen LogP contribution in [0.4, 0.5) is 10.5 Å². The number of anilines is 1. The summed E-state index contributed by atoms with van der Waals surface area (Å²) in [5, 5.41) is 2.48. The second-order valence-corrected chi connectivity index (χ2v) is 5.74. The number of urea groups is 1. The molecule has 0 aliphatic carbocycles. The van der Waals surface area contributed by atoms with Crippen molar-refractivity contribution in [3.05, 3.63) is 35.5 Å². The molecule has 2 aliphatic rings. The molecule has 0 unspecified atom stereocenters. The van der Waals surface area contributed by atoms with Crippen molar-refractivity contribution in [1.82, 2.24) is 10.2 Å². The van der Waals surface area contributed by atoms with Crippen LogP contribution in [0.3, 0.4) is 0 Å². The summed E-state index contributed by atoms with van der Waals surface area (Å²) in [6.07, 6.45) is 4.02. The zero-order chi connectivity index (χ0) is 17.1. The van der Waals surface area contributed by atoms with Gasteiger partial charge in [-0.1, -0.05) is 12.1 Å². The highest BCUT2D eigenvalue weighted by atomic mass is 16.5. The molecule has 2 fully saturated rings. The number of rotatable bonds is 4. The highest BCUT2D eigenvalue weighted by Gasteiger charge is 2.35. The van der Waals surface area contributed by atoms with Crippen molar-refractivity contribution in [2.75, 3.05) is 31.6 Å². The Hall–Kier alpha value is -2.83. The predicted octanol–water partition coefficient (Wildman–Crippen LogP) is 1.35. The first-order valence-corrected chi connectivity index (χ1v) is 7.85. The number of amides is 3. The van der Waals surface area contributed by atoms with Crippen LogP contribution in [-0.2, 0) is 14.3 Å². The number of nitrogens with one attached hydrogen (secondary N) is 1. The summed E-state index contributed by atoms with van der Waals surface area (Å²) in [7, 11) is 1.21. The Morgan fingerprint density at radius 2 is 1.88 bits per heavy atom. The van der Waals surface area contributed by atoms with Crippen LogP contribution in [0.25, 0.3) is 6.08 Å². The van der Waals surface area contributed by atoms with E-state index in [1.54, 1.807) is 6.08 Å². The largest absolute Gasteiger partial charge is 0.468 e. The number of ether oxygens (including phenoxy) is 1. The average Bonchev–Trinajstić information content (AvgIpc) is 3.20. The van der Waals surface area contributed by atoms with E-state index in [1.807, 2.05) is 24.3 Å². The summed E-state index contributed by atoms with van der Waals surface area (Å²) < 4.78 is 4.49. The highest BCUT2D eigenvalue weighted by molar-refractivity contribution is 6.15. The summed E-state index contributed by atoms with van der Waals surface area (Å²) in [5.41, 5.74) is 2.11. The number of esters is 1. The van der Waals surface area contributed by atoms with Gasteiger partial charge in [-0.2, -0.15) is 0 Å². The number of hydrogen-bond acceptors (Lipinski definition) is 5. The van der Waals surface area contributed by atoms with E-state index in [1.165, 1.54) is 20.0 Å². The van der Waals surface area contributed by atoms with E-state index >= 15 is 0 Å². The van der Waals surface area contributed by atoms with Crippen molar-refractivity contribution < 1.29 is 19.1 Å². The lowest BCUT2D eigenvalue weighted by Crippen LogP contribution is -2.36. The zero-order valence-electron chi connectivity index (χ0n) is 13.4. The Labute approximate surface area is 139 Å². The Balaban J connectivity index is 1.72. The van der Waals surface area contributed by atoms with Crippen molar-refractivity contribution in [3.63, 3.8) is 0 Å². The summed E-state index contributed by atoms with van der Waals surface area (Å²) in [6, 6.07) is 7.20. The topological polar surface area (TPSA) is 79.0 Å². The molecule has 2 saturated heterocycles. The van der Waals surface area contributed by atoms with Gasteiger partial charge in [-0.05, 0) is 36.6 Å². The molecule has 1 N–H and O–H groups in total. The molecule has 0 spiro atoms. The molecule has 7 nitrogen and oxygen atoms in total. The van der Waals surface area contributed by atoms with Gasteiger partial charge < -0.3 is 15.0 Å². The Morgan fingerprint density at radius 3 is 2.50 bits per heavy atom. The molecule has 3 amide bonds. The van der Waals surface area contributed by atoms with Gasteiger partial charge in [-0.25, -0.2) is 9.69 Å². The third-order valence-electron chi connectivity index (χ3n) is 4.15.